The predicted octanol–water partition coefficient (Wildman–Crippen LogP) is 2.29. The first kappa shape index (κ1) is 18.2. The molecule has 2 aromatic carbocycles. The van der Waals surface area contributed by atoms with Crippen LogP contribution in [-0.2, 0) is 24.3 Å². The quantitative estimate of drug-likeness (QED) is 0.670. The highest BCUT2D eigenvalue weighted by molar-refractivity contribution is 5.23. The summed E-state index contributed by atoms with van der Waals surface area (Å²) in [7, 11) is 0. The summed E-state index contributed by atoms with van der Waals surface area (Å²) in [6.07, 6.45) is -0.219. The van der Waals surface area contributed by atoms with Crippen LogP contribution in [0.4, 0.5) is 4.39 Å². The van der Waals surface area contributed by atoms with Crippen LogP contribution in [0, 0.1) is 12.7 Å². The number of aryl methyl sites for hydroxylation is 1. The lowest BCUT2D eigenvalue weighted by atomic mass is 10.1. The average Bonchev–Trinajstić information content (AvgIpc) is 3.05. The zero-order valence-electron chi connectivity index (χ0n) is 14.5. The van der Waals surface area contributed by atoms with Gasteiger partial charge in [-0.3, -0.25) is 0 Å². The Balaban J connectivity index is 1.46. The van der Waals surface area contributed by atoms with Gasteiger partial charge in [-0.2, -0.15) is 4.80 Å². The molecule has 1 atom stereocenters. The van der Waals surface area contributed by atoms with Gasteiger partial charge in [0.05, 0.1) is 25.9 Å². The van der Waals surface area contributed by atoms with Gasteiger partial charge in [0, 0.05) is 12.0 Å². The SMILES string of the molecule is Cc1ccc(Cc2nnn(CC(O)COCc3ccccc3F)n2)cc1. The van der Waals surface area contributed by atoms with Crippen LogP contribution in [0.3, 0.4) is 0 Å². The molecule has 1 aromatic heterocycles. The Labute approximate surface area is 151 Å². The Hall–Kier alpha value is -2.64. The van der Waals surface area contributed by atoms with Crippen molar-refractivity contribution < 1.29 is 14.2 Å². The van der Waals surface area contributed by atoms with Crippen LogP contribution in [0.5, 0.6) is 0 Å². The van der Waals surface area contributed by atoms with Gasteiger partial charge in [-0.1, -0.05) is 48.0 Å². The third-order valence-corrected chi connectivity index (χ3v) is 3.88. The fourth-order valence-corrected chi connectivity index (χ4v) is 2.47. The maximum Gasteiger partial charge on any atom is 0.179 e. The first-order chi connectivity index (χ1) is 12.6. The van der Waals surface area contributed by atoms with Crippen LogP contribution in [0.1, 0.15) is 22.5 Å². The van der Waals surface area contributed by atoms with E-state index in [1.807, 2.05) is 31.2 Å². The number of halogens is 1. The maximum absolute atomic E-state index is 13.5. The predicted molar refractivity (Wildman–Crippen MR) is 93.9 cm³/mol. The first-order valence-electron chi connectivity index (χ1n) is 8.41. The molecule has 26 heavy (non-hydrogen) atoms. The van der Waals surface area contributed by atoms with Gasteiger partial charge in [-0.15, -0.1) is 10.2 Å². The van der Waals surface area contributed by atoms with E-state index in [9.17, 15) is 9.50 Å². The number of hydrogen-bond acceptors (Lipinski definition) is 5. The second kappa shape index (κ2) is 8.64. The summed E-state index contributed by atoms with van der Waals surface area (Å²) in [4.78, 5) is 1.35. The fraction of sp³-hybridized carbons (Fsp3) is 0.316. The number of ether oxygens (including phenoxy) is 1. The molecular weight excluding hydrogens is 335 g/mol. The van der Waals surface area contributed by atoms with Crippen LogP contribution in [0.2, 0.25) is 0 Å². The summed E-state index contributed by atoms with van der Waals surface area (Å²) in [5.74, 6) is 0.272. The van der Waals surface area contributed by atoms with Crippen LogP contribution in [0.25, 0.3) is 0 Å². The topological polar surface area (TPSA) is 73.1 Å². The number of hydrogen-bond donors (Lipinski definition) is 1. The molecule has 0 bridgehead atoms. The number of rotatable bonds is 8. The summed E-state index contributed by atoms with van der Waals surface area (Å²) in [6, 6.07) is 14.5. The van der Waals surface area contributed by atoms with E-state index < -0.39 is 6.10 Å². The Morgan fingerprint density at radius 3 is 2.69 bits per heavy atom. The van der Waals surface area contributed by atoms with E-state index in [2.05, 4.69) is 15.4 Å². The lowest BCUT2D eigenvalue weighted by Crippen LogP contribution is -2.23. The Morgan fingerprint density at radius 1 is 1.15 bits per heavy atom. The van der Waals surface area contributed by atoms with Crippen LogP contribution >= 0.6 is 0 Å². The second-order valence-corrected chi connectivity index (χ2v) is 6.18. The molecule has 7 heteroatoms. The molecule has 0 aliphatic rings. The summed E-state index contributed by atoms with van der Waals surface area (Å²) in [5, 5.41) is 22.3. The average molecular weight is 356 g/mol. The highest BCUT2D eigenvalue weighted by atomic mass is 19.1. The number of aromatic nitrogens is 4. The molecule has 0 aliphatic heterocycles. The number of aliphatic hydroxyl groups excluding tert-OH is 1. The van der Waals surface area contributed by atoms with E-state index >= 15 is 0 Å². The molecule has 0 saturated heterocycles. The summed E-state index contributed by atoms with van der Waals surface area (Å²) in [6.45, 7) is 2.36. The van der Waals surface area contributed by atoms with Crippen LogP contribution < -0.4 is 0 Å². The lowest BCUT2D eigenvalue weighted by molar-refractivity contribution is 0.0156. The minimum absolute atomic E-state index is 0.0587. The van der Waals surface area contributed by atoms with E-state index in [-0.39, 0.29) is 25.6 Å². The van der Waals surface area contributed by atoms with Crippen LogP contribution in [-0.4, -0.2) is 38.0 Å². The lowest BCUT2D eigenvalue weighted by Gasteiger charge is -2.10. The number of aliphatic hydroxyl groups is 1. The van der Waals surface area contributed by atoms with Crippen molar-refractivity contribution in [3.05, 3.63) is 76.9 Å². The van der Waals surface area contributed by atoms with Gasteiger partial charge >= 0.3 is 0 Å². The largest absolute Gasteiger partial charge is 0.389 e. The van der Waals surface area contributed by atoms with E-state index in [0.717, 1.165) is 5.56 Å². The Kier molecular flexibility index (Phi) is 6.04. The van der Waals surface area contributed by atoms with Gasteiger partial charge in [-0.05, 0) is 23.8 Å². The Morgan fingerprint density at radius 2 is 1.92 bits per heavy atom. The van der Waals surface area contributed by atoms with Gasteiger partial charge in [0.25, 0.3) is 0 Å². The molecule has 0 fully saturated rings. The monoisotopic (exact) mass is 356 g/mol. The smallest absolute Gasteiger partial charge is 0.179 e. The molecule has 0 spiro atoms. The number of nitrogens with zero attached hydrogens (tertiary/aromatic N) is 4. The minimum atomic E-state index is -0.803. The van der Waals surface area contributed by atoms with Crippen molar-refractivity contribution in [1.29, 1.82) is 0 Å². The number of benzene rings is 2. The second-order valence-electron chi connectivity index (χ2n) is 6.18. The first-order valence-corrected chi connectivity index (χ1v) is 8.41. The van der Waals surface area contributed by atoms with Crippen molar-refractivity contribution in [3.8, 4) is 0 Å². The van der Waals surface area contributed by atoms with Gasteiger partial charge in [0.2, 0.25) is 0 Å². The van der Waals surface area contributed by atoms with Crippen molar-refractivity contribution in [2.24, 2.45) is 0 Å². The summed E-state index contributed by atoms with van der Waals surface area (Å²) < 4.78 is 18.9. The van der Waals surface area contributed by atoms with Crippen molar-refractivity contribution >= 4 is 0 Å². The molecule has 3 rings (SSSR count). The van der Waals surface area contributed by atoms with Crippen LogP contribution in [0.15, 0.2) is 48.5 Å². The van der Waals surface area contributed by atoms with Crippen molar-refractivity contribution in [2.75, 3.05) is 6.61 Å². The zero-order chi connectivity index (χ0) is 18.4. The zero-order valence-corrected chi connectivity index (χ0v) is 14.5. The molecule has 0 aliphatic carbocycles. The van der Waals surface area contributed by atoms with Gasteiger partial charge in [0.15, 0.2) is 5.82 Å². The molecule has 1 heterocycles. The van der Waals surface area contributed by atoms with E-state index in [1.165, 1.54) is 16.4 Å². The van der Waals surface area contributed by atoms with E-state index in [4.69, 9.17) is 4.74 Å². The summed E-state index contributed by atoms with van der Waals surface area (Å²) in [5.41, 5.74) is 2.76. The maximum atomic E-state index is 13.5. The molecule has 0 saturated carbocycles. The molecule has 1 unspecified atom stereocenters. The molecule has 0 radical (unpaired) electrons. The van der Waals surface area contributed by atoms with Gasteiger partial charge in [0.1, 0.15) is 5.82 Å². The highest BCUT2D eigenvalue weighted by Crippen LogP contribution is 2.09. The van der Waals surface area contributed by atoms with Gasteiger partial charge < -0.3 is 9.84 Å². The number of tetrazole rings is 1. The fourth-order valence-electron chi connectivity index (χ4n) is 2.47. The minimum Gasteiger partial charge on any atom is -0.389 e. The summed E-state index contributed by atoms with van der Waals surface area (Å²) >= 11 is 0. The van der Waals surface area contributed by atoms with Gasteiger partial charge in [-0.25, -0.2) is 4.39 Å². The third kappa shape index (κ3) is 5.18. The van der Waals surface area contributed by atoms with Crippen molar-refractivity contribution in [1.82, 2.24) is 20.2 Å². The van der Waals surface area contributed by atoms with Crippen molar-refractivity contribution in [2.45, 2.75) is 32.6 Å². The molecule has 6 nitrogen and oxygen atoms in total. The van der Waals surface area contributed by atoms with E-state index in [0.29, 0.717) is 17.8 Å². The molecule has 0 amide bonds. The molecule has 136 valence electrons. The third-order valence-electron chi connectivity index (χ3n) is 3.88. The molecule has 3 aromatic rings. The molecule has 1 N–H and O–H groups in total. The standard InChI is InChI=1S/C19H21FN4O2/c1-14-6-8-15(9-7-14)10-19-21-23-24(22-19)11-17(25)13-26-12-16-4-2-3-5-18(16)20/h2-9,17,25H,10-13H2,1H3. The highest BCUT2D eigenvalue weighted by Gasteiger charge is 2.10. The van der Waals surface area contributed by atoms with Crippen molar-refractivity contribution in [3.63, 3.8) is 0 Å². The molecular formula is C19H21FN4O2. The van der Waals surface area contributed by atoms with E-state index in [1.54, 1.807) is 18.2 Å². The Bertz CT molecular complexity index is 836. The normalized spacial score (nSPS) is 12.3.